The third kappa shape index (κ3) is 3.85. The molecule has 0 aromatic heterocycles. The van der Waals surface area contributed by atoms with Gasteiger partial charge in [-0.25, -0.2) is 18.4 Å². The second-order valence-corrected chi connectivity index (χ2v) is 7.32. The first-order valence-corrected chi connectivity index (χ1v) is 9.07. The van der Waals surface area contributed by atoms with E-state index < -0.39 is 10.0 Å². The number of carbonyl (C=O) groups is 1. The number of urea groups is 1. The van der Waals surface area contributed by atoms with Gasteiger partial charge in [-0.2, -0.15) is 0 Å². The van der Waals surface area contributed by atoms with Gasteiger partial charge in [0.15, 0.2) is 11.5 Å². The quantitative estimate of drug-likeness (QED) is 0.822. The van der Waals surface area contributed by atoms with Gasteiger partial charge in [0.1, 0.15) is 0 Å². The van der Waals surface area contributed by atoms with Gasteiger partial charge in [-0.15, -0.1) is 0 Å². The number of rotatable bonds is 4. The molecule has 2 aliphatic heterocycles. The summed E-state index contributed by atoms with van der Waals surface area (Å²) >= 11 is 0. The highest BCUT2D eigenvalue weighted by Gasteiger charge is 2.31. The molecule has 3 rings (SSSR count). The van der Waals surface area contributed by atoms with Crippen LogP contribution in [0.5, 0.6) is 11.5 Å². The highest BCUT2D eigenvalue weighted by molar-refractivity contribution is 7.89. The average Bonchev–Trinajstić information content (AvgIpc) is 3.11. The third-order valence-electron chi connectivity index (χ3n) is 3.94. The lowest BCUT2D eigenvalue weighted by Gasteiger charge is -2.24. The number of sulfonamides is 1. The Kier molecular flexibility index (Phi) is 4.31. The second-order valence-electron chi connectivity index (χ2n) is 5.67. The van der Waals surface area contributed by atoms with E-state index in [9.17, 15) is 13.2 Å². The van der Waals surface area contributed by atoms with Gasteiger partial charge < -0.3 is 19.7 Å². The summed E-state index contributed by atoms with van der Waals surface area (Å²) in [7, 11) is -3.60. The van der Waals surface area contributed by atoms with Crippen LogP contribution in [0.2, 0.25) is 0 Å². The van der Waals surface area contributed by atoms with Gasteiger partial charge in [0.05, 0.1) is 5.75 Å². The van der Waals surface area contributed by atoms with Gasteiger partial charge >= 0.3 is 6.03 Å². The molecule has 1 unspecified atom stereocenters. The van der Waals surface area contributed by atoms with Crippen molar-refractivity contribution in [2.75, 3.05) is 19.1 Å². The molecule has 0 bridgehead atoms. The molecule has 0 aliphatic carbocycles. The molecule has 2 amide bonds. The largest absolute Gasteiger partial charge is 0.454 e. The Balaban J connectivity index is 1.58. The van der Waals surface area contributed by atoms with Gasteiger partial charge in [0.2, 0.25) is 16.8 Å². The van der Waals surface area contributed by atoms with Crippen molar-refractivity contribution in [2.45, 2.75) is 25.4 Å². The Morgan fingerprint density at radius 1 is 1.35 bits per heavy atom. The zero-order valence-electron chi connectivity index (χ0n) is 12.5. The first-order chi connectivity index (χ1) is 10.9. The molecule has 0 saturated carbocycles. The molecule has 1 atom stereocenters. The summed E-state index contributed by atoms with van der Waals surface area (Å²) in [5.41, 5.74) is 0.879. The van der Waals surface area contributed by atoms with Crippen molar-refractivity contribution >= 4 is 16.1 Å². The molecule has 9 heteroatoms. The van der Waals surface area contributed by atoms with E-state index in [2.05, 4.69) is 5.32 Å². The van der Waals surface area contributed by atoms with Gasteiger partial charge in [-0.3, -0.25) is 0 Å². The fourth-order valence-corrected chi connectivity index (χ4v) is 3.76. The Bertz CT molecular complexity index is 706. The molecule has 126 valence electrons. The number of nitrogens with one attached hydrogen (secondary N) is 1. The number of hydrogen-bond acceptors (Lipinski definition) is 5. The van der Waals surface area contributed by atoms with Crippen molar-refractivity contribution in [1.82, 2.24) is 10.2 Å². The van der Waals surface area contributed by atoms with Gasteiger partial charge in [0, 0.05) is 19.1 Å². The number of ether oxygens (including phenoxy) is 2. The molecule has 2 heterocycles. The number of hydrogen-bond donors (Lipinski definition) is 2. The van der Waals surface area contributed by atoms with E-state index in [-0.39, 0.29) is 24.6 Å². The molecular weight excluding hydrogens is 322 g/mol. The summed E-state index contributed by atoms with van der Waals surface area (Å²) in [6, 6.07) is 4.81. The summed E-state index contributed by atoms with van der Waals surface area (Å²) in [6.45, 7) is 1.06. The summed E-state index contributed by atoms with van der Waals surface area (Å²) in [4.78, 5) is 13.8. The van der Waals surface area contributed by atoms with E-state index in [1.807, 2.05) is 12.1 Å². The van der Waals surface area contributed by atoms with Crippen LogP contribution in [-0.4, -0.2) is 44.5 Å². The highest BCUT2D eigenvalue weighted by Crippen LogP contribution is 2.32. The maximum absolute atomic E-state index is 12.3. The monoisotopic (exact) mass is 341 g/mol. The minimum Gasteiger partial charge on any atom is -0.454 e. The lowest BCUT2D eigenvalue weighted by Crippen LogP contribution is -2.45. The van der Waals surface area contributed by atoms with Crippen molar-refractivity contribution in [3.05, 3.63) is 23.8 Å². The fourth-order valence-electron chi connectivity index (χ4n) is 2.87. The van der Waals surface area contributed by atoms with E-state index in [0.29, 0.717) is 31.0 Å². The van der Waals surface area contributed by atoms with Crippen LogP contribution in [0.1, 0.15) is 18.4 Å². The van der Waals surface area contributed by atoms with Crippen molar-refractivity contribution in [1.29, 1.82) is 0 Å². The minimum atomic E-state index is -3.60. The highest BCUT2D eigenvalue weighted by atomic mass is 32.2. The van der Waals surface area contributed by atoms with Crippen molar-refractivity contribution < 1.29 is 22.7 Å². The Hall–Kier alpha value is -2.00. The molecule has 2 aliphatic rings. The fraction of sp³-hybridized carbons (Fsp3) is 0.500. The smallest absolute Gasteiger partial charge is 0.317 e. The number of fused-ring (bicyclic) bond motifs is 1. The molecule has 23 heavy (non-hydrogen) atoms. The molecular formula is C14H19N3O5S. The molecule has 1 aromatic carbocycles. The average molecular weight is 341 g/mol. The van der Waals surface area contributed by atoms with Crippen LogP contribution in [0.15, 0.2) is 18.2 Å². The van der Waals surface area contributed by atoms with E-state index >= 15 is 0 Å². The maximum Gasteiger partial charge on any atom is 0.317 e. The van der Waals surface area contributed by atoms with Crippen LogP contribution in [0.25, 0.3) is 0 Å². The normalized spacial score (nSPS) is 19.9. The number of likely N-dealkylation sites (tertiary alicyclic amines) is 1. The zero-order chi connectivity index (χ0) is 16.4. The molecule has 3 N–H and O–H groups in total. The summed E-state index contributed by atoms with van der Waals surface area (Å²) in [5, 5.41) is 7.89. The van der Waals surface area contributed by atoms with E-state index in [4.69, 9.17) is 14.6 Å². The van der Waals surface area contributed by atoms with E-state index in [1.54, 1.807) is 6.07 Å². The number of benzene rings is 1. The first kappa shape index (κ1) is 15.9. The van der Waals surface area contributed by atoms with E-state index in [0.717, 1.165) is 12.0 Å². The molecule has 1 saturated heterocycles. The van der Waals surface area contributed by atoms with Crippen molar-refractivity contribution in [3.63, 3.8) is 0 Å². The lowest BCUT2D eigenvalue weighted by molar-refractivity contribution is 0.174. The van der Waals surface area contributed by atoms with Crippen molar-refractivity contribution in [3.8, 4) is 11.5 Å². The number of nitrogens with two attached hydrogens (primary N) is 1. The predicted molar refractivity (Wildman–Crippen MR) is 82.5 cm³/mol. The molecule has 8 nitrogen and oxygen atoms in total. The summed E-state index contributed by atoms with van der Waals surface area (Å²) in [6.07, 6.45) is 1.42. The van der Waals surface area contributed by atoms with Crippen LogP contribution < -0.4 is 19.9 Å². The molecule has 1 aromatic rings. The first-order valence-electron chi connectivity index (χ1n) is 7.36. The predicted octanol–water partition coefficient (Wildman–Crippen LogP) is 0.378. The molecule has 0 radical (unpaired) electrons. The number of primary sulfonamides is 1. The second kappa shape index (κ2) is 6.25. The Morgan fingerprint density at radius 2 is 2.13 bits per heavy atom. The number of carbonyl (C=O) groups excluding carboxylic acids is 1. The van der Waals surface area contributed by atoms with Crippen LogP contribution >= 0.6 is 0 Å². The van der Waals surface area contributed by atoms with Gasteiger partial charge in [0.25, 0.3) is 0 Å². The lowest BCUT2D eigenvalue weighted by atomic mass is 10.2. The summed E-state index contributed by atoms with van der Waals surface area (Å²) in [5.74, 6) is 1.14. The Morgan fingerprint density at radius 3 is 2.91 bits per heavy atom. The van der Waals surface area contributed by atoms with Gasteiger partial charge in [-0.05, 0) is 30.5 Å². The standard InChI is InChI=1S/C14H19N3O5S/c15-23(19,20)8-11-2-1-5-17(11)14(18)16-7-10-3-4-12-13(6-10)22-9-21-12/h3-4,6,11H,1-2,5,7-9H2,(H,16,18)(H2,15,19,20). The van der Waals surface area contributed by atoms with Crippen LogP contribution in [0.4, 0.5) is 4.79 Å². The molecule has 1 fully saturated rings. The number of nitrogens with zero attached hydrogens (tertiary/aromatic N) is 1. The van der Waals surface area contributed by atoms with Crippen LogP contribution in [0, 0.1) is 0 Å². The van der Waals surface area contributed by atoms with Crippen LogP contribution in [-0.2, 0) is 16.6 Å². The summed E-state index contributed by atoms with van der Waals surface area (Å²) < 4.78 is 33.0. The minimum absolute atomic E-state index is 0.203. The maximum atomic E-state index is 12.3. The molecule has 0 spiro atoms. The van der Waals surface area contributed by atoms with Crippen molar-refractivity contribution in [2.24, 2.45) is 5.14 Å². The zero-order valence-corrected chi connectivity index (χ0v) is 13.3. The van der Waals surface area contributed by atoms with Gasteiger partial charge in [-0.1, -0.05) is 6.07 Å². The Labute approximate surface area is 134 Å². The SMILES string of the molecule is NS(=O)(=O)CC1CCCN1C(=O)NCc1ccc2c(c1)OCO2. The topological polar surface area (TPSA) is 111 Å². The van der Waals surface area contributed by atoms with E-state index in [1.165, 1.54) is 4.90 Å². The van der Waals surface area contributed by atoms with Crippen LogP contribution in [0.3, 0.4) is 0 Å². The third-order valence-corrected chi connectivity index (χ3v) is 4.79. The number of amides is 2.